The molecule has 19 heavy (non-hydrogen) atoms. The molecule has 1 rings (SSSR count). The van der Waals surface area contributed by atoms with Gasteiger partial charge in [-0.25, -0.2) is 0 Å². The Morgan fingerprint density at radius 1 is 1.21 bits per heavy atom. The van der Waals surface area contributed by atoms with Gasteiger partial charge < -0.3 is 10.2 Å². The van der Waals surface area contributed by atoms with Gasteiger partial charge in [-0.3, -0.25) is 0 Å². The van der Waals surface area contributed by atoms with Crippen LogP contribution in [0, 0.1) is 11.8 Å². The molecule has 1 aliphatic rings. The number of nitrogens with zero attached hydrogens (tertiary/aromatic N) is 3. The number of hydrogen-bond acceptors (Lipinski definition) is 3. The maximum Gasteiger partial charge on any atom is 0.0883 e. The fourth-order valence-electron chi connectivity index (χ4n) is 2.96. The standard InChI is InChI=1S/C14H27N3O2/c1-10(2)8-13(18)14(19)12(16-17-15)9-11-6-4-3-5-7-11/h10-14,18-19H,3-9H2,1-2H3/t12-,13-,14+/m0/s1. The van der Waals surface area contributed by atoms with Gasteiger partial charge in [0.2, 0.25) is 0 Å². The Morgan fingerprint density at radius 3 is 2.37 bits per heavy atom. The third-order valence-electron chi connectivity index (χ3n) is 4.00. The molecular weight excluding hydrogens is 242 g/mol. The van der Waals surface area contributed by atoms with Crippen molar-refractivity contribution in [2.45, 2.75) is 77.0 Å². The van der Waals surface area contributed by atoms with Crippen molar-refractivity contribution in [3.05, 3.63) is 10.4 Å². The van der Waals surface area contributed by atoms with E-state index in [1.807, 2.05) is 13.8 Å². The van der Waals surface area contributed by atoms with E-state index in [0.29, 0.717) is 24.7 Å². The van der Waals surface area contributed by atoms with E-state index in [1.54, 1.807) is 0 Å². The first kappa shape index (κ1) is 16.3. The normalized spacial score (nSPS) is 21.7. The zero-order valence-corrected chi connectivity index (χ0v) is 12.1. The highest BCUT2D eigenvalue weighted by molar-refractivity contribution is 4.85. The van der Waals surface area contributed by atoms with E-state index in [2.05, 4.69) is 10.0 Å². The van der Waals surface area contributed by atoms with Crippen LogP contribution in [0.5, 0.6) is 0 Å². The lowest BCUT2D eigenvalue weighted by Crippen LogP contribution is -2.38. The van der Waals surface area contributed by atoms with Crippen molar-refractivity contribution in [2.24, 2.45) is 17.0 Å². The topological polar surface area (TPSA) is 89.2 Å². The number of azide groups is 1. The first-order valence-electron chi connectivity index (χ1n) is 7.45. The summed E-state index contributed by atoms with van der Waals surface area (Å²) in [4.78, 5) is 2.84. The van der Waals surface area contributed by atoms with Gasteiger partial charge in [-0.15, -0.1) is 0 Å². The van der Waals surface area contributed by atoms with Crippen molar-refractivity contribution < 1.29 is 10.2 Å². The molecule has 0 aromatic rings. The van der Waals surface area contributed by atoms with Gasteiger partial charge in [-0.2, -0.15) is 0 Å². The van der Waals surface area contributed by atoms with Crippen LogP contribution in [-0.4, -0.2) is 28.5 Å². The summed E-state index contributed by atoms with van der Waals surface area (Å²) in [5.41, 5.74) is 8.64. The molecule has 0 amide bonds. The number of aliphatic hydroxyl groups is 2. The first-order valence-corrected chi connectivity index (χ1v) is 7.45. The zero-order valence-electron chi connectivity index (χ0n) is 12.1. The van der Waals surface area contributed by atoms with Gasteiger partial charge in [0.1, 0.15) is 0 Å². The Hall–Kier alpha value is -0.770. The zero-order chi connectivity index (χ0) is 14.3. The van der Waals surface area contributed by atoms with E-state index >= 15 is 0 Å². The van der Waals surface area contributed by atoms with Gasteiger partial charge in [0, 0.05) is 4.91 Å². The minimum Gasteiger partial charge on any atom is -0.390 e. The molecule has 5 heteroatoms. The molecule has 110 valence electrons. The Balaban J connectivity index is 2.56. The number of rotatable bonds is 7. The molecule has 0 aliphatic heterocycles. The lowest BCUT2D eigenvalue weighted by atomic mass is 9.83. The summed E-state index contributed by atoms with van der Waals surface area (Å²) in [5, 5.41) is 23.9. The molecule has 1 fully saturated rings. The van der Waals surface area contributed by atoms with Crippen LogP contribution < -0.4 is 0 Å². The first-order chi connectivity index (χ1) is 9.04. The molecule has 0 saturated heterocycles. The van der Waals surface area contributed by atoms with Gasteiger partial charge in [0.25, 0.3) is 0 Å². The van der Waals surface area contributed by atoms with Crippen molar-refractivity contribution in [1.82, 2.24) is 0 Å². The highest BCUT2D eigenvalue weighted by Crippen LogP contribution is 2.29. The van der Waals surface area contributed by atoms with Crippen LogP contribution in [0.15, 0.2) is 5.11 Å². The fraction of sp³-hybridized carbons (Fsp3) is 1.00. The van der Waals surface area contributed by atoms with Crippen LogP contribution in [0.1, 0.15) is 58.8 Å². The molecule has 0 heterocycles. The molecule has 1 aliphatic carbocycles. The van der Waals surface area contributed by atoms with Crippen molar-refractivity contribution in [2.75, 3.05) is 0 Å². The maximum absolute atomic E-state index is 10.2. The van der Waals surface area contributed by atoms with Gasteiger partial charge in [-0.1, -0.05) is 51.1 Å². The highest BCUT2D eigenvalue weighted by atomic mass is 16.3. The maximum atomic E-state index is 10.2. The van der Waals surface area contributed by atoms with Crippen molar-refractivity contribution in [3.8, 4) is 0 Å². The summed E-state index contributed by atoms with van der Waals surface area (Å²) in [6.07, 6.45) is 5.48. The van der Waals surface area contributed by atoms with E-state index < -0.39 is 18.2 Å². The van der Waals surface area contributed by atoms with E-state index in [4.69, 9.17) is 5.53 Å². The Bertz CT molecular complexity index is 297. The van der Waals surface area contributed by atoms with Crippen LogP contribution in [0.4, 0.5) is 0 Å². The van der Waals surface area contributed by atoms with Crippen LogP contribution in [0.2, 0.25) is 0 Å². The second-order valence-corrected chi connectivity index (χ2v) is 6.20. The summed E-state index contributed by atoms with van der Waals surface area (Å²) >= 11 is 0. The average molecular weight is 269 g/mol. The molecule has 0 aromatic heterocycles. The Morgan fingerprint density at radius 2 is 1.84 bits per heavy atom. The molecule has 0 radical (unpaired) electrons. The van der Waals surface area contributed by atoms with E-state index in [9.17, 15) is 10.2 Å². The van der Waals surface area contributed by atoms with Crippen LogP contribution in [0.25, 0.3) is 10.4 Å². The minimum absolute atomic E-state index is 0.311. The molecule has 0 bridgehead atoms. The van der Waals surface area contributed by atoms with E-state index in [0.717, 1.165) is 12.8 Å². The smallest absolute Gasteiger partial charge is 0.0883 e. The van der Waals surface area contributed by atoms with Gasteiger partial charge in [0.15, 0.2) is 0 Å². The van der Waals surface area contributed by atoms with Gasteiger partial charge in [-0.05, 0) is 30.2 Å². The fourth-order valence-corrected chi connectivity index (χ4v) is 2.96. The Labute approximate surface area is 115 Å². The van der Waals surface area contributed by atoms with Gasteiger partial charge >= 0.3 is 0 Å². The summed E-state index contributed by atoms with van der Waals surface area (Å²) in [6.45, 7) is 4.00. The highest BCUT2D eigenvalue weighted by Gasteiger charge is 2.28. The number of aliphatic hydroxyl groups excluding tert-OH is 2. The van der Waals surface area contributed by atoms with Gasteiger partial charge in [0.05, 0.1) is 18.2 Å². The predicted octanol–water partition coefficient (Wildman–Crippen LogP) is 3.40. The summed E-state index contributed by atoms with van der Waals surface area (Å²) in [5.74, 6) is 0.830. The van der Waals surface area contributed by atoms with Crippen molar-refractivity contribution in [1.29, 1.82) is 0 Å². The molecule has 2 N–H and O–H groups in total. The average Bonchev–Trinajstić information content (AvgIpc) is 2.38. The largest absolute Gasteiger partial charge is 0.390 e. The third kappa shape index (κ3) is 5.81. The third-order valence-corrected chi connectivity index (χ3v) is 4.00. The van der Waals surface area contributed by atoms with Crippen LogP contribution in [0.3, 0.4) is 0 Å². The summed E-state index contributed by atoms with van der Waals surface area (Å²) < 4.78 is 0. The monoisotopic (exact) mass is 269 g/mol. The molecular formula is C14H27N3O2. The van der Waals surface area contributed by atoms with E-state index in [-0.39, 0.29) is 0 Å². The lowest BCUT2D eigenvalue weighted by Gasteiger charge is -2.29. The second-order valence-electron chi connectivity index (χ2n) is 6.20. The van der Waals surface area contributed by atoms with Crippen LogP contribution >= 0.6 is 0 Å². The SMILES string of the molecule is CC(C)C[C@H](O)[C@H](O)[C@H](CC1CCCCC1)N=[N+]=[N-]. The summed E-state index contributed by atoms with van der Waals surface area (Å²) in [6, 6.07) is -0.498. The van der Waals surface area contributed by atoms with Crippen molar-refractivity contribution in [3.63, 3.8) is 0 Å². The molecule has 0 spiro atoms. The molecule has 5 nitrogen and oxygen atoms in total. The number of hydrogen-bond donors (Lipinski definition) is 2. The molecule has 1 saturated carbocycles. The second kappa shape index (κ2) is 8.41. The minimum atomic E-state index is -0.944. The van der Waals surface area contributed by atoms with Crippen LogP contribution in [-0.2, 0) is 0 Å². The summed E-state index contributed by atoms with van der Waals surface area (Å²) in [7, 11) is 0. The van der Waals surface area contributed by atoms with E-state index in [1.165, 1.54) is 19.3 Å². The quantitative estimate of drug-likeness (QED) is 0.421. The molecule has 0 aromatic carbocycles. The van der Waals surface area contributed by atoms with Crippen molar-refractivity contribution >= 4 is 0 Å². The lowest BCUT2D eigenvalue weighted by molar-refractivity contribution is -0.0116. The predicted molar refractivity (Wildman–Crippen MR) is 75.6 cm³/mol. The Kier molecular flexibility index (Phi) is 7.21. The molecule has 3 atom stereocenters. The molecule has 0 unspecified atom stereocenters.